The first kappa shape index (κ1) is 16.6. The second-order valence-corrected chi connectivity index (χ2v) is 6.71. The minimum Gasteiger partial charge on any atom is -0.383 e. The lowest BCUT2D eigenvalue weighted by Gasteiger charge is -2.10. The number of benzene rings is 1. The zero-order valence-electron chi connectivity index (χ0n) is 15.3. The molecule has 2 aromatic heterocycles. The van der Waals surface area contributed by atoms with Gasteiger partial charge >= 0.3 is 0 Å². The second kappa shape index (κ2) is 5.86. The molecule has 1 aliphatic rings. The summed E-state index contributed by atoms with van der Waals surface area (Å²) in [7, 11) is 2.01. The van der Waals surface area contributed by atoms with Gasteiger partial charge in [-0.1, -0.05) is 18.2 Å². The molecule has 3 aromatic rings. The van der Waals surface area contributed by atoms with Crippen LogP contribution in [0.2, 0.25) is 0 Å². The van der Waals surface area contributed by atoms with E-state index >= 15 is 0 Å². The molecule has 1 aromatic carbocycles. The lowest BCUT2D eigenvalue weighted by Crippen LogP contribution is -2.03. The molecule has 0 aliphatic heterocycles. The SMILES string of the molecule is CC1=C(C#N)c2nc(N)c(C#N)c(C)c2/C1=C\c1cn(C)c2ccccc12. The normalized spacial score (nSPS) is 14.5. The minimum absolute atomic E-state index is 0.167. The zero-order valence-corrected chi connectivity index (χ0v) is 15.3. The summed E-state index contributed by atoms with van der Waals surface area (Å²) in [6.07, 6.45) is 4.15. The van der Waals surface area contributed by atoms with E-state index in [1.807, 2.05) is 33.0 Å². The lowest BCUT2D eigenvalue weighted by atomic mass is 9.95. The van der Waals surface area contributed by atoms with Crippen molar-refractivity contribution in [3.8, 4) is 12.1 Å². The molecule has 0 saturated carbocycles. The molecule has 1 aliphatic carbocycles. The number of nitrogen functional groups attached to an aromatic ring is 1. The van der Waals surface area contributed by atoms with E-state index in [2.05, 4.69) is 46.1 Å². The highest BCUT2D eigenvalue weighted by Gasteiger charge is 2.29. The van der Waals surface area contributed by atoms with Gasteiger partial charge < -0.3 is 10.3 Å². The van der Waals surface area contributed by atoms with Gasteiger partial charge in [0.15, 0.2) is 0 Å². The van der Waals surface area contributed by atoms with Crippen LogP contribution in [-0.4, -0.2) is 9.55 Å². The van der Waals surface area contributed by atoms with Crippen LogP contribution in [0.25, 0.3) is 28.1 Å². The predicted molar refractivity (Wildman–Crippen MR) is 107 cm³/mol. The number of para-hydroxylation sites is 1. The van der Waals surface area contributed by atoms with Crippen LogP contribution in [0.5, 0.6) is 0 Å². The van der Waals surface area contributed by atoms with Gasteiger partial charge in [-0.2, -0.15) is 10.5 Å². The van der Waals surface area contributed by atoms with Crippen molar-refractivity contribution < 1.29 is 0 Å². The number of nitrogens with zero attached hydrogens (tertiary/aromatic N) is 4. The van der Waals surface area contributed by atoms with Gasteiger partial charge in [0.25, 0.3) is 0 Å². The number of allylic oxidation sites excluding steroid dienone is 3. The molecule has 27 heavy (non-hydrogen) atoms. The summed E-state index contributed by atoms with van der Waals surface area (Å²) < 4.78 is 2.08. The molecule has 0 amide bonds. The molecule has 0 bridgehead atoms. The number of fused-ring (bicyclic) bond motifs is 2. The fourth-order valence-electron chi connectivity index (χ4n) is 3.84. The van der Waals surface area contributed by atoms with Crippen LogP contribution in [-0.2, 0) is 7.05 Å². The molecular weight excluding hydrogens is 334 g/mol. The van der Waals surface area contributed by atoms with Gasteiger partial charge in [0, 0.05) is 35.3 Å². The molecular formula is C22H17N5. The van der Waals surface area contributed by atoms with E-state index < -0.39 is 0 Å². The largest absolute Gasteiger partial charge is 0.383 e. The number of hydrogen-bond acceptors (Lipinski definition) is 4. The maximum atomic E-state index is 9.67. The van der Waals surface area contributed by atoms with Crippen molar-refractivity contribution in [1.82, 2.24) is 9.55 Å². The first-order valence-corrected chi connectivity index (χ1v) is 8.56. The Balaban J connectivity index is 2.06. The van der Waals surface area contributed by atoms with Gasteiger partial charge in [-0.25, -0.2) is 4.98 Å². The number of hydrogen-bond donors (Lipinski definition) is 1. The van der Waals surface area contributed by atoms with Crippen LogP contribution >= 0.6 is 0 Å². The Morgan fingerprint density at radius 3 is 2.59 bits per heavy atom. The minimum atomic E-state index is 0.167. The van der Waals surface area contributed by atoms with Crippen molar-refractivity contribution in [1.29, 1.82) is 10.5 Å². The topological polar surface area (TPSA) is 91.4 Å². The van der Waals surface area contributed by atoms with E-state index in [-0.39, 0.29) is 5.82 Å². The Bertz CT molecular complexity index is 1270. The monoisotopic (exact) mass is 351 g/mol. The summed E-state index contributed by atoms with van der Waals surface area (Å²) in [5, 5.41) is 20.3. The van der Waals surface area contributed by atoms with Gasteiger partial charge in [-0.15, -0.1) is 0 Å². The summed E-state index contributed by atoms with van der Waals surface area (Å²) in [5.74, 6) is 0.167. The Morgan fingerprint density at radius 1 is 1.15 bits per heavy atom. The summed E-state index contributed by atoms with van der Waals surface area (Å²) >= 11 is 0. The average Bonchev–Trinajstić information content (AvgIpc) is 3.10. The van der Waals surface area contributed by atoms with Gasteiger partial charge in [0.05, 0.1) is 16.8 Å². The summed E-state index contributed by atoms with van der Waals surface area (Å²) in [5.41, 5.74) is 12.9. The summed E-state index contributed by atoms with van der Waals surface area (Å²) in [6, 6.07) is 12.6. The van der Waals surface area contributed by atoms with E-state index in [9.17, 15) is 10.5 Å². The fourth-order valence-corrected chi connectivity index (χ4v) is 3.84. The highest BCUT2D eigenvalue weighted by atomic mass is 14.9. The molecule has 130 valence electrons. The number of anilines is 1. The van der Waals surface area contributed by atoms with Gasteiger partial charge in [0.2, 0.25) is 0 Å². The summed E-state index contributed by atoms with van der Waals surface area (Å²) in [4.78, 5) is 4.38. The van der Waals surface area contributed by atoms with E-state index in [1.54, 1.807) is 0 Å². The van der Waals surface area contributed by atoms with Crippen LogP contribution in [0.4, 0.5) is 5.82 Å². The van der Waals surface area contributed by atoms with E-state index in [0.29, 0.717) is 16.8 Å². The van der Waals surface area contributed by atoms with Crippen LogP contribution in [0.1, 0.15) is 34.9 Å². The van der Waals surface area contributed by atoms with Crippen molar-refractivity contribution in [3.63, 3.8) is 0 Å². The third-order valence-electron chi connectivity index (χ3n) is 5.21. The molecule has 0 atom stereocenters. The van der Waals surface area contributed by atoms with Crippen LogP contribution in [0, 0.1) is 29.6 Å². The van der Waals surface area contributed by atoms with Crippen molar-refractivity contribution in [2.75, 3.05) is 5.73 Å². The quantitative estimate of drug-likeness (QED) is 0.711. The fraction of sp³-hybridized carbons (Fsp3) is 0.136. The molecule has 0 unspecified atom stereocenters. The lowest BCUT2D eigenvalue weighted by molar-refractivity contribution is 0.968. The van der Waals surface area contributed by atoms with Crippen LogP contribution in [0.15, 0.2) is 36.0 Å². The van der Waals surface area contributed by atoms with Gasteiger partial charge in [-0.3, -0.25) is 0 Å². The number of pyridine rings is 1. The predicted octanol–water partition coefficient (Wildman–Crippen LogP) is 4.19. The molecule has 2 heterocycles. The molecule has 0 spiro atoms. The number of aryl methyl sites for hydroxylation is 1. The Morgan fingerprint density at radius 2 is 1.89 bits per heavy atom. The molecule has 5 heteroatoms. The molecule has 0 fully saturated rings. The first-order chi connectivity index (χ1) is 13.0. The van der Waals surface area contributed by atoms with Crippen molar-refractivity contribution in [3.05, 3.63) is 64.0 Å². The maximum Gasteiger partial charge on any atom is 0.142 e. The third-order valence-corrected chi connectivity index (χ3v) is 5.21. The van der Waals surface area contributed by atoms with Gasteiger partial charge in [0.1, 0.15) is 18.0 Å². The van der Waals surface area contributed by atoms with Crippen molar-refractivity contribution in [2.45, 2.75) is 13.8 Å². The second-order valence-electron chi connectivity index (χ2n) is 6.71. The highest BCUT2D eigenvalue weighted by molar-refractivity contribution is 6.10. The van der Waals surface area contributed by atoms with E-state index in [4.69, 9.17) is 5.73 Å². The first-order valence-electron chi connectivity index (χ1n) is 8.56. The third kappa shape index (κ3) is 2.26. The van der Waals surface area contributed by atoms with Crippen LogP contribution < -0.4 is 5.73 Å². The zero-order chi connectivity index (χ0) is 19.3. The van der Waals surface area contributed by atoms with Crippen molar-refractivity contribution >= 4 is 33.9 Å². The molecule has 5 nitrogen and oxygen atoms in total. The summed E-state index contributed by atoms with van der Waals surface area (Å²) in [6.45, 7) is 3.78. The molecule has 2 N–H and O–H groups in total. The number of aromatic nitrogens is 2. The van der Waals surface area contributed by atoms with Crippen molar-refractivity contribution in [2.24, 2.45) is 7.05 Å². The van der Waals surface area contributed by atoms with E-state index in [1.165, 1.54) is 0 Å². The average molecular weight is 351 g/mol. The standard InChI is InChI=1S/C22H17N5/c1-12-16(8-14-11-27(3)19-7-5-4-6-15(14)19)20-13(2)18(10-24)22(25)26-21(20)17(12)9-23/h4-8,11H,1-3H3,(H2,25,26)/b16-8-. The van der Waals surface area contributed by atoms with Crippen LogP contribution in [0.3, 0.4) is 0 Å². The Hall–Kier alpha value is -3.83. The van der Waals surface area contributed by atoms with E-state index in [0.717, 1.165) is 38.7 Å². The maximum absolute atomic E-state index is 9.67. The number of nitrogens with two attached hydrogens (primary N) is 1. The number of rotatable bonds is 1. The Labute approximate surface area is 157 Å². The number of nitriles is 2. The molecule has 0 radical (unpaired) electrons. The molecule has 4 rings (SSSR count). The highest BCUT2D eigenvalue weighted by Crippen LogP contribution is 2.44. The molecule has 0 saturated heterocycles. The van der Waals surface area contributed by atoms with Gasteiger partial charge in [-0.05, 0) is 42.7 Å². The Kier molecular flexibility index (Phi) is 3.61. The smallest absolute Gasteiger partial charge is 0.142 e.